The van der Waals surface area contributed by atoms with Crippen LogP contribution < -0.4 is 4.72 Å². The number of hydrogen-bond donors (Lipinski definition) is 2. The summed E-state index contributed by atoms with van der Waals surface area (Å²) in [6.45, 7) is 0.590. The van der Waals surface area contributed by atoms with Gasteiger partial charge in [-0.25, -0.2) is 13.2 Å². The van der Waals surface area contributed by atoms with Gasteiger partial charge in [0.05, 0.1) is 28.9 Å². The molecule has 32 heavy (non-hydrogen) atoms. The number of carboxylic acid groups (broad SMARTS) is 1. The summed E-state index contributed by atoms with van der Waals surface area (Å²) < 4.78 is 30.0. The summed E-state index contributed by atoms with van der Waals surface area (Å²) in [5.41, 5.74) is 2.21. The van der Waals surface area contributed by atoms with E-state index in [2.05, 4.69) is 9.82 Å². The molecule has 0 aliphatic carbocycles. The van der Waals surface area contributed by atoms with E-state index >= 15 is 0 Å². The number of anilines is 1. The topological polar surface area (TPSA) is 101 Å². The van der Waals surface area contributed by atoms with Crippen LogP contribution in [0.3, 0.4) is 0 Å². The lowest BCUT2D eigenvalue weighted by Gasteiger charge is -2.12. The third-order valence-electron chi connectivity index (χ3n) is 4.75. The molecule has 4 rings (SSSR count). The van der Waals surface area contributed by atoms with Crippen molar-refractivity contribution in [3.05, 3.63) is 101 Å². The van der Waals surface area contributed by atoms with Gasteiger partial charge >= 0.3 is 5.97 Å². The number of carboxylic acids is 1. The van der Waals surface area contributed by atoms with E-state index in [1.54, 1.807) is 23.0 Å². The number of sulfonamides is 1. The first kappa shape index (κ1) is 21.6. The highest BCUT2D eigenvalue weighted by atomic mass is 35.5. The smallest absolute Gasteiger partial charge is 0.337 e. The molecule has 0 saturated carbocycles. The molecule has 1 heterocycles. The van der Waals surface area contributed by atoms with Crippen LogP contribution in [0.1, 0.15) is 15.9 Å². The van der Waals surface area contributed by atoms with Gasteiger partial charge in [0.1, 0.15) is 0 Å². The second-order valence-electron chi connectivity index (χ2n) is 7.04. The van der Waals surface area contributed by atoms with Crippen molar-refractivity contribution in [1.29, 1.82) is 0 Å². The predicted octanol–water partition coefficient (Wildman–Crippen LogP) is 4.75. The number of hydrogen-bond acceptors (Lipinski definition) is 4. The molecule has 0 radical (unpaired) electrons. The van der Waals surface area contributed by atoms with Crippen LogP contribution in [0, 0.1) is 0 Å². The maximum Gasteiger partial charge on any atom is 0.337 e. The van der Waals surface area contributed by atoms with Crippen LogP contribution in [-0.2, 0) is 16.6 Å². The van der Waals surface area contributed by atoms with Gasteiger partial charge in [0.25, 0.3) is 10.0 Å². The van der Waals surface area contributed by atoms with Crippen LogP contribution in [0.5, 0.6) is 0 Å². The number of rotatable bonds is 7. The fourth-order valence-electron chi connectivity index (χ4n) is 3.20. The van der Waals surface area contributed by atoms with Gasteiger partial charge < -0.3 is 5.11 Å². The molecule has 0 bridgehead atoms. The standard InChI is InChI=1S/C23H18ClN3O4S/c24-19-9-10-21(23(28)29)22(12-19)26-32(30,31)20-8-4-7-17(11-20)18-13-25-27(15-18)14-16-5-2-1-3-6-16/h1-13,15,26H,14H2,(H,28,29). The molecule has 0 aliphatic rings. The number of nitrogens with one attached hydrogen (secondary N) is 1. The van der Waals surface area contributed by atoms with E-state index in [-0.39, 0.29) is 21.2 Å². The summed E-state index contributed by atoms with van der Waals surface area (Å²) in [7, 11) is -4.06. The van der Waals surface area contributed by atoms with Gasteiger partial charge in [-0.15, -0.1) is 0 Å². The normalized spacial score (nSPS) is 11.3. The molecule has 0 fully saturated rings. The molecular weight excluding hydrogens is 450 g/mol. The van der Waals surface area contributed by atoms with Crippen LogP contribution in [0.25, 0.3) is 11.1 Å². The van der Waals surface area contributed by atoms with Crippen molar-refractivity contribution in [3.8, 4) is 11.1 Å². The molecule has 7 nitrogen and oxygen atoms in total. The van der Waals surface area contributed by atoms with Gasteiger partial charge in [0.15, 0.2) is 0 Å². The van der Waals surface area contributed by atoms with Crippen LogP contribution in [-0.4, -0.2) is 29.3 Å². The first-order valence-corrected chi connectivity index (χ1v) is 11.4. The molecule has 0 spiro atoms. The lowest BCUT2D eigenvalue weighted by molar-refractivity contribution is 0.0698. The molecule has 0 amide bonds. The average Bonchev–Trinajstić information content (AvgIpc) is 3.22. The van der Waals surface area contributed by atoms with Gasteiger partial charge in [-0.1, -0.05) is 54.1 Å². The molecule has 0 atom stereocenters. The second kappa shape index (κ2) is 8.86. The Morgan fingerprint density at radius 3 is 2.53 bits per heavy atom. The fourth-order valence-corrected chi connectivity index (χ4v) is 4.49. The minimum Gasteiger partial charge on any atom is -0.478 e. The molecule has 2 N–H and O–H groups in total. The Hall–Kier alpha value is -3.62. The summed E-state index contributed by atoms with van der Waals surface area (Å²) in [6.07, 6.45) is 3.51. The van der Waals surface area contributed by atoms with E-state index in [0.717, 1.165) is 11.1 Å². The van der Waals surface area contributed by atoms with Crippen LogP contribution in [0.4, 0.5) is 5.69 Å². The Bertz CT molecular complexity index is 1390. The summed E-state index contributed by atoms with van der Waals surface area (Å²) in [6, 6.07) is 20.1. The van der Waals surface area contributed by atoms with Gasteiger partial charge in [-0.3, -0.25) is 9.40 Å². The van der Waals surface area contributed by atoms with Crippen LogP contribution in [0.2, 0.25) is 5.02 Å². The minimum atomic E-state index is -4.06. The summed E-state index contributed by atoms with van der Waals surface area (Å²) >= 11 is 5.92. The molecule has 3 aromatic carbocycles. The maximum atomic E-state index is 12.9. The first-order chi connectivity index (χ1) is 15.3. The van der Waals surface area contributed by atoms with E-state index in [1.165, 1.54) is 30.3 Å². The van der Waals surface area contributed by atoms with Gasteiger partial charge in [-0.2, -0.15) is 5.10 Å². The SMILES string of the molecule is O=C(O)c1ccc(Cl)cc1NS(=O)(=O)c1cccc(-c2cnn(Cc3ccccc3)c2)c1. The molecule has 162 valence electrons. The lowest BCUT2D eigenvalue weighted by atomic mass is 10.1. The highest BCUT2D eigenvalue weighted by molar-refractivity contribution is 7.92. The Labute approximate surface area is 190 Å². The van der Waals surface area contributed by atoms with E-state index < -0.39 is 16.0 Å². The number of nitrogens with zero attached hydrogens (tertiary/aromatic N) is 2. The monoisotopic (exact) mass is 467 g/mol. The van der Waals surface area contributed by atoms with Gasteiger partial charge in [0.2, 0.25) is 0 Å². The van der Waals surface area contributed by atoms with Crippen molar-refractivity contribution in [2.45, 2.75) is 11.4 Å². The van der Waals surface area contributed by atoms with Crippen LogP contribution in [0.15, 0.2) is 90.1 Å². The van der Waals surface area contributed by atoms with Crippen molar-refractivity contribution < 1.29 is 18.3 Å². The zero-order valence-corrected chi connectivity index (χ0v) is 18.2. The number of aromatic carboxylic acids is 1. The average molecular weight is 468 g/mol. The minimum absolute atomic E-state index is 0.0119. The Morgan fingerprint density at radius 2 is 1.78 bits per heavy atom. The molecular formula is C23H18ClN3O4S. The predicted molar refractivity (Wildman–Crippen MR) is 122 cm³/mol. The van der Waals surface area contributed by atoms with Gasteiger partial charge in [-0.05, 0) is 41.5 Å². The third kappa shape index (κ3) is 4.82. The van der Waals surface area contributed by atoms with Crippen molar-refractivity contribution in [3.63, 3.8) is 0 Å². The Kier molecular flexibility index (Phi) is 5.98. The number of carbonyl (C=O) groups is 1. The van der Waals surface area contributed by atoms with Crippen molar-refractivity contribution in [2.75, 3.05) is 4.72 Å². The second-order valence-corrected chi connectivity index (χ2v) is 9.16. The molecule has 0 unspecified atom stereocenters. The van der Waals surface area contributed by atoms with E-state index in [1.807, 2.05) is 36.5 Å². The maximum absolute atomic E-state index is 12.9. The number of halogens is 1. The highest BCUT2D eigenvalue weighted by Crippen LogP contribution is 2.27. The zero-order chi connectivity index (χ0) is 22.7. The van der Waals surface area contributed by atoms with Crippen molar-refractivity contribution in [2.24, 2.45) is 0 Å². The Balaban J connectivity index is 1.61. The largest absolute Gasteiger partial charge is 0.478 e. The molecule has 9 heteroatoms. The molecule has 4 aromatic rings. The van der Waals surface area contributed by atoms with Gasteiger partial charge in [0, 0.05) is 16.8 Å². The van der Waals surface area contributed by atoms with Crippen molar-refractivity contribution >= 4 is 33.3 Å². The van der Waals surface area contributed by atoms with Crippen LogP contribution >= 0.6 is 11.6 Å². The molecule has 0 saturated heterocycles. The fraction of sp³-hybridized carbons (Fsp3) is 0.0435. The van der Waals surface area contributed by atoms with E-state index in [9.17, 15) is 18.3 Å². The first-order valence-electron chi connectivity index (χ1n) is 9.54. The third-order valence-corrected chi connectivity index (χ3v) is 6.35. The van der Waals surface area contributed by atoms with E-state index in [4.69, 9.17) is 11.6 Å². The number of aromatic nitrogens is 2. The molecule has 1 aromatic heterocycles. The summed E-state index contributed by atoms with van der Waals surface area (Å²) in [5.74, 6) is -1.26. The molecule has 0 aliphatic heterocycles. The van der Waals surface area contributed by atoms with E-state index in [0.29, 0.717) is 12.1 Å². The Morgan fingerprint density at radius 1 is 1.00 bits per heavy atom. The lowest BCUT2D eigenvalue weighted by Crippen LogP contribution is -2.15. The number of benzene rings is 3. The summed E-state index contributed by atoms with van der Waals surface area (Å²) in [4.78, 5) is 11.4. The van der Waals surface area contributed by atoms with Crippen molar-refractivity contribution in [1.82, 2.24) is 9.78 Å². The zero-order valence-electron chi connectivity index (χ0n) is 16.6. The highest BCUT2D eigenvalue weighted by Gasteiger charge is 2.20. The quantitative estimate of drug-likeness (QED) is 0.408. The summed E-state index contributed by atoms with van der Waals surface area (Å²) in [5, 5.41) is 13.9.